The fourth-order valence-corrected chi connectivity index (χ4v) is 2.60. The van der Waals surface area contributed by atoms with Gasteiger partial charge in [-0.2, -0.15) is 5.10 Å². The molecule has 0 saturated carbocycles. The maximum Gasteiger partial charge on any atom is 0.222 e. The minimum Gasteiger partial charge on any atom is -0.439 e. The van der Waals surface area contributed by atoms with E-state index in [9.17, 15) is 0 Å². The van der Waals surface area contributed by atoms with Gasteiger partial charge in [0.25, 0.3) is 0 Å². The highest BCUT2D eigenvalue weighted by Gasteiger charge is 2.16. The van der Waals surface area contributed by atoms with Crippen molar-refractivity contribution >= 4 is 0 Å². The number of ether oxygens (including phenoxy) is 1. The summed E-state index contributed by atoms with van der Waals surface area (Å²) in [5.74, 6) is 1.57. The zero-order valence-electron chi connectivity index (χ0n) is 14.2. The molecule has 1 aromatic carbocycles. The Kier molecular flexibility index (Phi) is 4.91. The van der Waals surface area contributed by atoms with Crippen molar-refractivity contribution in [3.63, 3.8) is 0 Å². The minimum atomic E-state index is 0.149. The third kappa shape index (κ3) is 3.63. The number of hydrogen-bond donors (Lipinski definition) is 1. The number of pyridine rings is 1. The molecule has 0 spiro atoms. The summed E-state index contributed by atoms with van der Waals surface area (Å²) in [5.41, 5.74) is 3.04. The molecule has 24 heavy (non-hydrogen) atoms. The van der Waals surface area contributed by atoms with Crippen molar-refractivity contribution in [2.45, 2.75) is 26.4 Å². The molecule has 124 valence electrons. The average Bonchev–Trinajstić information content (AvgIpc) is 2.87. The summed E-state index contributed by atoms with van der Waals surface area (Å²) in [6.07, 6.45) is 1.81. The summed E-state index contributed by atoms with van der Waals surface area (Å²) in [7, 11) is 1.90. The third-order valence-corrected chi connectivity index (χ3v) is 3.96. The van der Waals surface area contributed by atoms with Crippen molar-refractivity contribution in [2.75, 3.05) is 0 Å². The van der Waals surface area contributed by atoms with Gasteiger partial charge in [0.15, 0.2) is 0 Å². The maximum atomic E-state index is 6.04. The summed E-state index contributed by atoms with van der Waals surface area (Å²) in [6, 6.07) is 15.9. The van der Waals surface area contributed by atoms with Crippen molar-refractivity contribution in [1.29, 1.82) is 0 Å². The molecule has 1 N–H and O–H groups in total. The molecule has 1 atom stereocenters. The second-order valence-electron chi connectivity index (χ2n) is 5.77. The van der Waals surface area contributed by atoms with Gasteiger partial charge in [0.05, 0.1) is 17.0 Å². The van der Waals surface area contributed by atoms with E-state index in [0.29, 0.717) is 6.54 Å². The van der Waals surface area contributed by atoms with Crippen molar-refractivity contribution in [3.8, 4) is 11.6 Å². The van der Waals surface area contributed by atoms with Crippen LogP contribution in [-0.2, 0) is 13.6 Å². The number of hydrogen-bond acceptors (Lipinski definition) is 4. The van der Waals surface area contributed by atoms with Crippen LogP contribution in [-0.4, -0.2) is 14.8 Å². The van der Waals surface area contributed by atoms with E-state index in [4.69, 9.17) is 4.74 Å². The Bertz CT molecular complexity index is 784. The van der Waals surface area contributed by atoms with Crippen LogP contribution in [0.1, 0.15) is 29.9 Å². The summed E-state index contributed by atoms with van der Waals surface area (Å²) < 4.78 is 7.83. The summed E-state index contributed by atoms with van der Waals surface area (Å²) >= 11 is 0. The first-order valence-corrected chi connectivity index (χ1v) is 8.05. The van der Waals surface area contributed by atoms with E-state index in [1.807, 2.05) is 68.7 Å². The summed E-state index contributed by atoms with van der Waals surface area (Å²) in [4.78, 5) is 4.39. The van der Waals surface area contributed by atoms with E-state index in [-0.39, 0.29) is 6.04 Å². The number of nitrogens with one attached hydrogen (secondary N) is 1. The minimum absolute atomic E-state index is 0.149. The molecule has 5 nitrogen and oxygen atoms in total. The Morgan fingerprint density at radius 3 is 2.58 bits per heavy atom. The largest absolute Gasteiger partial charge is 0.439 e. The summed E-state index contributed by atoms with van der Waals surface area (Å²) in [6.45, 7) is 4.77. The van der Waals surface area contributed by atoms with E-state index in [1.54, 1.807) is 4.68 Å². The van der Waals surface area contributed by atoms with Crippen LogP contribution < -0.4 is 10.1 Å². The molecular formula is C19H22N4O. The number of benzene rings is 1. The van der Waals surface area contributed by atoms with E-state index >= 15 is 0 Å². The highest BCUT2D eigenvalue weighted by molar-refractivity contribution is 5.35. The molecule has 0 aliphatic rings. The van der Waals surface area contributed by atoms with E-state index in [1.165, 1.54) is 0 Å². The molecule has 0 bridgehead atoms. The molecule has 0 radical (unpaired) electrons. The lowest BCUT2D eigenvalue weighted by Crippen LogP contribution is -2.19. The van der Waals surface area contributed by atoms with Gasteiger partial charge in [0.2, 0.25) is 5.88 Å². The number of para-hydroxylation sites is 1. The molecule has 0 unspecified atom stereocenters. The van der Waals surface area contributed by atoms with E-state index in [2.05, 4.69) is 22.3 Å². The standard InChI is InChI=1S/C19H22N4O/c1-14-17(13-21-15(2)18-11-7-8-12-20-18)19(23(3)22-14)24-16-9-5-4-6-10-16/h4-12,15,21H,13H2,1-3H3/t15-/m1/s1. The van der Waals surface area contributed by atoms with Crippen molar-refractivity contribution in [3.05, 3.63) is 71.7 Å². The van der Waals surface area contributed by atoms with Gasteiger partial charge in [-0.25, -0.2) is 4.68 Å². The van der Waals surface area contributed by atoms with Crippen molar-refractivity contribution < 1.29 is 4.74 Å². The Hall–Kier alpha value is -2.66. The number of rotatable bonds is 6. The predicted octanol–water partition coefficient (Wildman–Crippen LogP) is 3.77. The summed E-state index contributed by atoms with van der Waals surface area (Å²) in [5, 5.41) is 7.99. The lowest BCUT2D eigenvalue weighted by molar-refractivity contribution is 0.421. The fraction of sp³-hybridized carbons (Fsp3) is 0.263. The van der Waals surface area contributed by atoms with Crippen molar-refractivity contribution in [2.24, 2.45) is 7.05 Å². The zero-order chi connectivity index (χ0) is 16.9. The van der Waals surface area contributed by atoms with Gasteiger partial charge < -0.3 is 10.1 Å². The lowest BCUT2D eigenvalue weighted by atomic mass is 10.2. The van der Waals surface area contributed by atoms with E-state index in [0.717, 1.165) is 28.6 Å². The van der Waals surface area contributed by atoms with Gasteiger partial charge >= 0.3 is 0 Å². The smallest absolute Gasteiger partial charge is 0.222 e. The lowest BCUT2D eigenvalue weighted by Gasteiger charge is -2.14. The zero-order valence-corrected chi connectivity index (χ0v) is 14.2. The average molecular weight is 322 g/mol. The third-order valence-electron chi connectivity index (χ3n) is 3.96. The van der Waals surface area contributed by atoms with Crippen LogP contribution in [0.4, 0.5) is 0 Å². The Morgan fingerprint density at radius 2 is 1.88 bits per heavy atom. The van der Waals surface area contributed by atoms with Gasteiger partial charge in [-0.05, 0) is 38.1 Å². The van der Waals surface area contributed by atoms with Gasteiger partial charge in [-0.3, -0.25) is 4.98 Å². The Labute approximate surface area is 142 Å². The maximum absolute atomic E-state index is 6.04. The number of nitrogens with zero attached hydrogens (tertiary/aromatic N) is 3. The van der Waals surface area contributed by atoms with Gasteiger partial charge in [-0.15, -0.1) is 0 Å². The van der Waals surface area contributed by atoms with Crippen LogP contribution >= 0.6 is 0 Å². The molecule has 0 fully saturated rings. The Balaban J connectivity index is 1.76. The molecule has 0 aliphatic heterocycles. The topological polar surface area (TPSA) is 52.0 Å². The van der Waals surface area contributed by atoms with Crippen LogP contribution in [0.15, 0.2) is 54.7 Å². The highest BCUT2D eigenvalue weighted by atomic mass is 16.5. The molecule has 3 rings (SSSR count). The van der Waals surface area contributed by atoms with Crippen LogP contribution in [0.5, 0.6) is 11.6 Å². The van der Waals surface area contributed by atoms with Crippen LogP contribution in [0.25, 0.3) is 0 Å². The molecule has 0 amide bonds. The molecule has 2 aromatic heterocycles. The predicted molar refractivity (Wildman–Crippen MR) is 94.0 cm³/mol. The second kappa shape index (κ2) is 7.27. The quantitative estimate of drug-likeness (QED) is 0.750. The van der Waals surface area contributed by atoms with Gasteiger partial charge in [0.1, 0.15) is 5.75 Å². The van der Waals surface area contributed by atoms with E-state index < -0.39 is 0 Å². The Morgan fingerprint density at radius 1 is 1.12 bits per heavy atom. The highest BCUT2D eigenvalue weighted by Crippen LogP contribution is 2.27. The van der Waals surface area contributed by atoms with Gasteiger partial charge in [0, 0.05) is 25.8 Å². The molecular weight excluding hydrogens is 300 g/mol. The van der Waals surface area contributed by atoms with Gasteiger partial charge in [-0.1, -0.05) is 24.3 Å². The van der Waals surface area contributed by atoms with Crippen LogP contribution in [0, 0.1) is 6.92 Å². The number of aryl methyl sites for hydroxylation is 2. The van der Waals surface area contributed by atoms with Crippen molar-refractivity contribution in [1.82, 2.24) is 20.1 Å². The first-order chi connectivity index (χ1) is 11.6. The van der Waals surface area contributed by atoms with Crippen LogP contribution in [0.3, 0.4) is 0 Å². The normalized spacial score (nSPS) is 12.1. The molecule has 3 aromatic rings. The molecule has 0 aliphatic carbocycles. The molecule has 2 heterocycles. The first kappa shape index (κ1) is 16.2. The monoisotopic (exact) mass is 322 g/mol. The number of aromatic nitrogens is 3. The second-order valence-corrected chi connectivity index (χ2v) is 5.77. The molecule has 0 saturated heterocycles. The first-order valence-electron chi connectivity index (χ1n) is 8.05. The SMILES string of the molecule is Cc1nn(C)c(Oc2ccccc2)c1CN[C@H](C)c1ccccn1. The molecule has 5 heteroatoms. The fourth-order valence-electron chi connectivity index (χ4n) is 2.60. The van der Waals surface area contributed by atoms with Crippen LogP contribution in [0.2, 0.25) is 0 Å².